The third-order valence-corrected chi connectivity index (χ3v) is 17.2. The van der Waals surface area contributed by atoms with Gasteiger partial charge in [-0.25, -0.2) is 15.0 Å². The zero-order chi connectivity index (χ0) is 54.9. The van der Waals surface area contributed by atoms with E-state index >= 15 is 0 Å². The van der Waals surface area contributed by atoms with Gasteiger partial charge in [-0.2, -0.15) is 0 Å². The summed E-state index contributed by atoms with van der Waals surface area (Å²) in [5.41, 5.74) is 13.6. The number of amides is 2. The number of nitrogen functional groups attached to an aromatic ring is 1. The molecule has 5 N–H and O–H groups in total. The Kier molecular flexibility index (Phi) is 15.9. The summed E-state index contributed by atoms with van der Waals surface area (Å²) < 4.78 is 30.4. The van der Waals surface area contributed by atoms with Crippen LogP contribution in [0.2, 0.25) is 0 Å². The second-order valence-corrected chi connectivity index (χ2v) is 22.8. The molecule has 6 aromatic rings. The van der Waals surface area contributed by atoms with Crippen LogP contribution in [0.5, 0.6) is 23.4 Å². The SMILES string of the molecule is COc1nc(-c2scnc2C)ccc1[C@H](C)NC(=O)[C@@H]1C[C@@H](O)CN1C(=O)[C@H](c1cc(OCCN2CCC(O[C@H]3C[C@H](Oc4cc(N5C6CCC5CN(c5cc(-c7ccccc7O)nnc5N)C6)ccn4)C3)CC2)no1)C(C)C. The fraction of sp³-hybridized carbons (Fsp3) is 0.509. The number of aromatic hydroxyl groups is 1. The van der Waals surface area contributed by atoms with Crippen LogP contribution in [0.25, 0.3) is 21.8 Å². The lowest BCUT2D eigenvalue weighted by Crippen LogP contribution is -2.54. The summed E-state index contributed by atoms with van der Waals surface area (Å²) in [5.74, 6) is 0.504. The van der Waals surface area contributed by atoms with Crippen molar-refractivity contribution in [2.24, 2.45) is 5.92 Å². The minimum Gasteiger partial charge on any atom is -0.507 e. The maximum atomic E-state index is 14.3. The molecular weight excluding hydrogens is 1030 g/mol. The molecule has 5 fully saturated rings. The Hall–Kier alpha value is -7.14. The summed E-state index contributed by atoms with van der Waals surface area (Å²) in [6.07, 6.45) is 7.08. The number of hydrogen-bond donors (Lipinski definition) is 4. The predicted octanol–water partition coefficient (Wildman–Crippen LogP) is 6.56. The molecule has 2 amide bonds. The average molecular weight is 1100 g/mol. The van der Waals surface area contributed by atoms with Crippen LogP contribution in [0.1, 0.15) is 94.7 Å². The summed E-state index contributed by atoms with van der Waals surface area (Å²) in [6, 6.07) is 17.8. The van der Waals surface area contributed by atoms with E-state index in [9.17, 15) is 19.8 Å². The minimum absolute atomic E-state index is 0.0160. The number of rotatable bonds is 19. The Labute approximate surface area is 463 Å². The number of likely N-dealkylation sites (tertiary alicyclic amines) is 2. The first-order valence-corrected chi connectivity index (χ1v) is 28.4. The number of ether oxygens (including phenoxy) is 4. The van der Waals surface area contributed by atoms with E-state index in [0.717, 1.165) is 92.3 Å². The largest absolute Gasteiger partial charge is 0.507 e. The summed E-state index contributed by atoms with van der Waals surface area (Å²) in [7, 11) is 1.54. The highest BCUT2D eigenvalue weighted by molar-refractivity contribution is 7.13. The normalized spacial score (nSPS) is 23.2. The molecule has 4 aliphatic heterocycles. The summed E-state index contributed by atoms with van der Waals surface area (Å²) in [4.78, 5) is 51.4. The van der Waals surface area contributed by atoms with E-state index in [2.05, 4.69) is 57.5 Å². The number of carbonyl (C=O) groups is 2. The smallest absolute Gasteiger partial charge is 0.254 e. The standard InChI is InChI=1S/C57H70N12O9S/c1-32(2)52(57(73)68-30-38(70)23-47(68)55(72)61-33(3)42-12-13-44(62-56(42)74-5)53-34(4)60-31-79-53)49-27-51(65-78-49)75-21-20-66-18-15-39(16-19-66)76-40-24-41(25-40)77-50-22-35(14-17-59-50)69-36-10-11-37(69)29-67(28-36)46-26-45(63-64-54(46)58)43-8-6-7-9-48(43)71/h6-9,12-14,17,22,26-27,31-33,36-41,47,52,70-71H,10-11,15-16,18-21,23-25,28-30H2,1-5H3,(H2,58,64)(H,61,72)/t33-,36?,37?,38+,40-,41-,47-,52-/m0/s1. The molecular formula is C57H70N12O9S. The molecule has 9 heterocycles. The van der Waals surface area contributed by atoms with Crippen molar-refractivity contribution in [3.8, 4) is 45.2 Å². The molecule has 11 rings (SSSR count). The molecule has 79 heavy (non-hydrogen) atoms. The monoisotopic (exact) mass is 1100 g/mol. The number of phenols is 1. The Balaban J connectivity index is 0.606. The number of β-amino-alcohol motifs (C(OH)–C–C–N with tert-alkyl or cyclic N) is 1. The predicted molar refractivity (Wildman–Crippen MR) is 296 cm³/mol. The molecule has 22 heteroatoms. The number of piperidine rings is 1. The highest BCUT2D eigenvalue weighted by atomic mass is 32.1. The number of pyridine rings is 2. The maximum absolute atomic E-state index is 14.3. The number of nitrogens with zero attached hydrogens (tertiary/aromatic N) is 10. The van der Waals surface area contributed by atoms with Gasteiger partial charge in [0.1, 0.15) is 30.4 Å². The third kappa shape index (κ3) is 11.6. The number of hydrogen-bond acceptors (Lipinski definition) is 20. The van der Waals surface area contributed by atoms with Crippen LogP contribution in [0.3, 0.4) is 0 Å². The van der Waals surface area contributed by atoms with Crippen LogP contribution in [0.4, 0.5) is 17.2 Å². The lowest BCUT2D eigenvalue weighted by Gasteiger charge is -2.43. The minimum atomic E-state index is -0.895. The van der Waals surface area contributed by atoms with Crippen molar-refractivity contribution in [3.05, 3.63) is 89.4 Å². The van der Waals surface area contributed by atoms with Crippen LogP contribution >= 0.6 is 11.3 Å². The number of thiazole rings is 1. The van der Waals surface area contributed by atoms with Gasteiger partial charge in [0.25, 0.3) is 5.88 Å². The van der Waals surface area contributed by atoms with Crippen molar-refractivity contribution in [1.29, 1.82) is 0 Å². The number of para-hydroxylation sites is 1. The van der Waals surface area contributed by atoms with Gasteiger partial charge in [0, 0.05) is 106 Å². The summed E-state index contributed by atoms with van der Waals surface area (Å²) >= 11 is 1.49. The molecule has 418 valence electrons. The van der Waals surface area contributed by atoms with Crippen LogP contribution in [-0.2, 0) is 14.3 Å². The molecule has 2 bridgehead atoms. The van der Waals surface area contributed by atoms with Crippen LogP contribution in [-0.4, -0.2) is 158 Å². The second-order valence-electron chi connectivity index (χ2n) is 21.9. The average Bonchev–Trinajstić information content (AvgIpc) is 4.36. The molecule has 1 aliphatic carbocycles. The number of methoxy groups -OCH3 is 1. The van der Waals surface area contributed by atoms with E-state index in [0.29, 0.717) is 53.3 Å². The zero-order valence-corrected chi connectivity index (χ0v) is 46.1. The number of aliphatic hydroxyl groups excluding tert-OH is 1. The first-order chi connectivity index (χ1) is 38.3. The molecule has 4 saturated heterocycles. The third-order valence-electron chi connectivity index (χ3n) is 16.2. The Bertz CT molecular complexity index is 3090. The van der Waals surface area contributed by atoms with Gasteiger partial charge in [-0.3, -0.25) is 14.5 Å². The fourth-order valence-electron chi connectivity index (χ4n) is 12.0. The van der Waals surface area contributed by atoms with Crippen molar-refractivity contribution in [1.82, 2.24) is 45.4 Å². The summed E-state index contributed by atoms with van der Waals surface area (Å²) in [5, 5.41) is 37.0. The Morgan fingerprint density at radius 1 is 0.899 bits per heavy atom. The molecule has 0 spiro atoms. The topological polar surface area (TPSA) is 253 Å². The van der Waals surface area contributed by atoms with Crippen LogP contribution < -0.4 is 35.1 Å². The van der Waals surface area contributed by atoms with Crippen molar-refractivity contribution in [3.63, 3.8) is 0 Å². The number of aryl methyl sites for hydroxylation is 1. The van der Waals surface area contributed by atoms with E-state index in [1.54, 1.807) is 23.7 Å². The second kappa shape index (κ2) is 23.3. The molecule has 6 atom stereocenters. The number of aromatic nitrogens is 6. The zero-order valence-electron chi connectivity index (χ0n) is 45.3. The van der Waals surface area contributed by atoms with Gasteiger partial charge in [0.15, 0.2) is 11.6 Å². The molecule has 5 aliphatic rings. The lowest BCUT2D eigenvalue weighted by atomic mass is 9.91. The number of nitrogens with one attached hydrogen (secondary N) is 1. The quantitative estimate of drug-likeness (QED) is 0.0670. The Morgan fingerprint density at radius 2 is 1.68 bits per heavy atom. The van der Waals surface area contributed by atoms with Gasteiger partial charge < -0.3 is 59.4 Å². The molecule has 1 saturated carbocycles. The highest BCUT2D eigenvalue weighted by Crippen LogP contribution is 2.41. The van der Waals surface area contributed by atoms with E-state index in [1.165, 1.54) is 23.3 Å². The number of benzene rings is 1. The number of phenolic OH excluding ortho intramolecular Hbond substituents is 1. The van der Waals surface area contributed by atoms with Gasteiger partial charge in [0.05, 0.1) is 64.6 Å². The van der Waals surface area contributed by atoms with Gasteiger partial charge in [-0.15, -0.1) is 21.5 Å². The molecule has 0 radical (unpaired) electrons. The highest BCUT2D eigenvalue weighted by Gasteiger charge is 2.45. The number of piperazine rings is 1. The van der Waals surface area contributed by atoms with Gasteiger partial charge in [-0.1, -0.05) is 26.0 Å². The van der Waals surface area contributed by atoms with E-state index < -0.39 is 24.1 Å². The molecule has 5 aromatic heterocycles. The van der Waals surface area contributed by atoms with E-state index in [4.69, 9.17) is 34.2 Å². The molecule has 2 unspecified atom stereocenters. The first-order valence-electron chi connectivity index (χ1n) is 27.6. The van der Waals surface area contributed by atoms with Gasteiger partial charge >= 0.3 is 0 Å². The lowest BCUT2D eigenvalue weighted by molar-refractivity contribution is -0.141. The summed E-state index contributed by atoms with van der Waals surface area (Å²) in [6.45, 7) is 12.0. The fourth-order valence-corrected chi connectivity index (χ4v) is 12.8. The maximum Gasteiger partial charge on any atom is 0.254 e. The van der Waals surface area contributed by atoms with Gasteiger partial charge in [-0.05, 0) is 87.0 Å². The van der Waals surface area contributed by atoms with E-state index in [-0.39, 0.29) is 72.7 Å². The Morgan fingerprint density at radius 3 is 2.42 bits per heavy atom. The number of fused-ring (bicyclic) bond motifs is 2. The molecule has 1 aromatic carbocycles. The number of carbonyl (C=O) groups excluding carboxylic acids is 2. The van der Waals surface area contributed by atoms with E-state index in [1.807, 2.05) is 64.2 Å². The first kappa shape index (κ1) is 53.8. The number of anilines is 3. The molecule has 21 nitrogen and oxygen atoms in total. The van der Waals surface area contributed by atoms with Crippen molar-refractivity contribution in [2.45, 2.75) is 127 Å². The van der Waals surface area contributed by atoms with Crippen molar-refractivity contribution < 1.29 is 43.3 Å². The van der Waals surface area contributed by atoms with Gasteiger partial charge in [0.2, 0.25) is 23.6 Å². The number of aliphatic hydroxyl groups is 1. The van der Waals surface area contributed by atoms with Crippen LogP contribution in [0, 0.1) is 12.8 Å². The number of nitrogens with two attached hydrogens (primary N) is 1. The van der Waals surface area contributed by atoms with Crippen LogP contribution in [0.15, 0.2) is 76.9 Å². The van der Waals surface area contributed by atoms with Crippen molar-refractivity contribution in [2.75, 3.05) is 68.5 Å². The van der Waals surface area contributed by atoms with Crippen molar-refractivity contribution >= 4 is 40.3 Å².